The highest BCUT2D eigenvalue weighted by molar-refractivity contribution is 5.93. The minimum Gasteiger partial charge on any atom is -0.481 e. The number of amides is 1. The summed E-state index contributed by atoms with van der Waals surface area (Å²) in [5, 5.41) is 11.5. The van der Waals surface area contributed by atoms with Crippen molar-refractivity contribution in [2.45, 2.75) is 39.2 Å². The molecule has 0 spiro atoms. The lowest BCUT2D eigenvalue weighted by molar-refractivity contribution is -0.138. The van der Waals surface area contributed by atoms with Crippen LogP contribution in [0.4, 0.5) is 0 Å². The Morgan fingerprint density at radius 2 is 2.24 bits per heavy atom. The summed E-state index contributed by atoms with van der Waals surface area (Å²) in [4.78, 5) is 26.4. The third-order valence-corrected chi connectivity index (χ3v) is 2.70. The molecular weight excluding hydrogens is 224 g/mol. The summed E-state index contributed by atoms with van der Waals surface area (Å²) in [6.07, 6.45) is 1.57. The molecule has 94 valence electrons. The summed E-state index contributed by atoms with van der Waals surface area (Å²) in [5.41, 5.74) is -0.594. The molecule has 1 aromatic heterocycles. The highest BCUT2D eigenvalue weighted by atomic mass is 16.4. The summed E-state index contributed by atoms with van der Waals surface area (Å²) in [6.45, 7) is 5.13. The lowest BCUT2D eigenvalue weighted by Gasteiger charge is -2.27. The van der Waals surface area contributed by atoms with E-state index in [0.717, 1.165) is 0 Å². The number of nitrogens with one attached hydrogen (secondary N) is 1. The van der Waals surface area contributed by atoms with E-state index in [0.29, 0.717) is 12.2 Å². The number of hydrogen-bond donors (Lipinski definition) is 2. The van der Waals surface area contributed by atoms with Gasteiger partial charge in [-0.05, 0) is 20.3 Å². The van der Waals surface area contributed by atoms with E-state index >= 15 is 0 Å². The number of aryl methyl sites for hydroxylation is 1. The number of carbonyl (C=O) groups excluding carboxylic acids is 1. The molecule has 0 radical (unpaired) electrons. The van der Waals surface area contributed by atoms with E-state index in [1.54, 1.807) is 13.8 Å². The van der Waals surface area contributed by atoms with Gasteiger partial charge in [0.25, 0.3) is 5.91 Å². The van der Waals surface area contributed by atoms with E-state index in [9.17, 15) is 9.59 Å². The van der Waals surface area contributed by atoms with Gasteiger partial charge in [0, 0.05) is 5.54 Å². The summed E-state index contributed by atoms with van der Waals surface area (Å²) in [5.74, 6) is -0.954. The highest BCUT2D eigenvalue weighted by Gasteiger charge is 2.29. The Balaban J connectivity index is 2.79. The zero-order valence-corrected chi connectivity index (χ0v) is 10.1. The van der Waals surface area contributed by atoms with Crippen LogP contribution in [0.15, 0.2) is 10.8 Å². The van der Waals surface area contributed by atoms with E-state index in [1.165, 1.54) is 6.39 Å². The fourth-order valence-electron chi connectivity index (χ4n) is 1.45. The van der Waals surface area contributed by atoms with Gasteiger partial charge in [0.15, 0.2) is 12.1 Å². The zero-order chi connectivity index (χ0) is 13.1. The van der Waals surface area contributed by atoms with Crippen molar-refractivity contribution in [3.05, 3.63) is 17.8 Å². The van der Waals surface area contributed by atoms with Gasteiger partial charge in [-0.25, -0.2) is 4.98 Å². The Bertz CT molecular complexity index is 427. The van der Waals surface area contributed by atoms with E-state index in [2.05, 4.69) is 10.3 Å². The van der Waals surface area contributed by atoms with Crippen molar-refractivity contribution in [3.8, 4) is 0 Å². The third kappa shape index (κ3) is 3.30. The van der Waals surface area contributed by atoms with Crippen molar-refractivity contribution in [3.63, 3.8) is 0 Å². The zero-order valence-electron chi connectivity index (χ0n) is 10.1. The maximum atomic E-state index is 11.9. The molecule has 6 nitrogen and oxygen atoms in total. The summed E-state index contributed by atoms with van der Waals surface area (Å²) >= 11 is 0. The molecule has 0 unspecified atom stereocenters. The van der Waals surface area contributed by atoms with E-state index in [1.807, 2.05) is 6.92 Å². The Morgan fingerprint density at radius 3 is 2.65 bits per heavy atom. The van der Waals surface area contributed by atoms with E-state index < -0.39 is 17.4 Å². The molecule has 0 saturated carbocycles. The second-order valence-electron chi connectivity index (χ2n) is 4.20. The third-order valence-electron chi connectivity index (χ3n) is 2.70. The molecule has 0 aromatic carbocycles. The monoisotopic (exact) mass is 240 g/mol. The molecule has 0 aliphatic carbocycles. The van der Waals surface area contributed by atoms with Gasteiger partial charge in [-0.2, -0.15) is 0 Å². The fraction of sp³-hybridized carbons (Fsp3) is 0.545. The standard InChI is InChI=1S/C11H16N2O4/c1-4-11(3,5-8(14)15)13-10(16)9-7(2)17-6-12-9/h6H,4-5H2,1-3H3,(H,13,16)(H,14,15)/t11-/m0/s1. The second kappa shape index (κ2) is 4.99. The minimum atomic E-state index is -0.952. The lowest BCUT2D eigenvalue weighted by Crippen LogP contribution is -2.47. The van der Waals surface area contributed by atoms with Crippen LogP contribution in [0.1, 0.15) is 42.9 Å². The Morgan fingerprint density at radius 1 is 1.59 bits per heavy atom. The lowest BCUT2D eigenvalue weighted by atomic mass is 9.94. The predicted octanol–water partition coefficient (Wildman–Crippen LogP) is 1.36. The molecular formula is C11H16N2O4. The van der Waals surface area contributed by atoms with Crippen LogP contribution in [0.25, 0.3) is 0 Å². The van der Waals surface area contributed by atoms with Crippen molar-refractivity contribution in [2.75, 3.05) is 0 Å². The van der Waals surface area contributed by atoms with Crippen LogP contribution in [0.3, 0.4) is 0 Å². The average molecular weight is 240 g/mol. The van der Waals surface area contributed by atoms with Crippen LogP contribution in [-0.4, -0.2) is 27.5 Å². The molecule has 1 amide bonds. The highest BCUT2D eigenvalue weighted by Crippen LogP contribution is 2.16. The quantitative estimate of drug-likeness (QED) is 0.810. The first-order chi connectivity index (χ1) is 7.88. The molecule has 1 rings (SSSR count). The van der Waals surface area contributed by atoms with Gasteiger partial charge < -0.3 is 14.8 Å². The molecule has 17 heavy (non-hydrogen) atoms. The molecule has 1 aromatic rings. The predicted molar refractivity (Wildman–Crippen MR) is 59.7 cm³/mol. The first-order valence-electron chi connectivity index (χ1n) is 5.32. The van der Waals surface area contributed by atoms with Gasteiger partial charge in [0.1, 0.15) is 5.76 Å². The smallest absolute Gasteiger partial charge is 0.305 e. The van der Waals surface area contributed by atoms with Crippen molar-refractivity contribution >= 4 is 11.9 Å². The molecule has 0 saturated heterocycles. The first kappa shape index (κ1) is 13.2. The molecule has 0 aliphatic rings. The van der Waals surface area contributed by atoms with Crippen LogP contribution in [-0.2, 0) is 4.79 Å². The topological polar surface area (TPSA) is 92.4 Å². The molecule has 0 fully saturated rings. The van der Waals surface area contributed by atoms with E-state index in [4.69, 9.17) is 9.52 Å². The minimum absolute atomic E-state index is 0.133. The van der Waals surface area contributed by atoms with Gasteiger partial charge in [0.05, 0.1) is 6.42 Å². The number of rotatable bonds is 5. The SMILES string of the molecule is CC[C@@](C)(CC(=O)O)NC(=O)c1ncoc1C. The number of nitrogens with zero attached hydrogens (tertiary/aromatic N) is 1. The number of aromatic nitrogens is 1. The van der Waals surface area contributed by atoms with Crippen LogP contribution in [0, 0.1) is 6.92 Å². The maximum absolute atomic E-state index is 11.9. The van der Waals surface area contributed by atoms with Crippen LogP contribution in [0.5, 0.6) is 0 Å². The van der Waals surface area contributed by atoms with Crippen LogP contribution >= 0.6 is 0 Å². The van der Waals surface area contributed by atoms with Crippen molar-refractivity contribution in [2.24, 2.45) is 0 Å². The number of aliphatic carboxylic acids is 1. The van der Waals surface area contributed by atoms with Crippen molar-refractivity contribution in [1.82, 2.24) is 10.3 Å². The van der Waals surface area contributed by atoms with E-state index in [-0.39, 0.29) is 12.1 Å². The van der Waals surface area contributed by atoms with Gasteiger partial charge in [-0.15, -0.1) is 0 Å². The molecule has 0 bridgehead atoms. The van der Waals surface area contributed by atoms with Crippen molar-refractivity contribution < 1.29 is 19.1 Å². The van der Waals surface area contributed by atoms with Gasteiger partial charge in [-0.3, -0.25) is 9.59 Å². The Kier molecular flexibility index (Phi) is 3.88. The molecule has 6 heteroatoms. The fourth-order valence-corrected chi connectivity index (χ4v) is 1.45. The average Bonchev–Trinajstić information content (AvgIpc) is 2.63. The first-order valence-corrected chi connectivity index (χ1v) is 5.32. The maximum Gasteiger partial charge on any atom is 0.305 e. The number of oxazole rings is 1. The number of hydrogen-bond acceptors (Lipinski definition) is 4. The van der Waals surface area contributed by atoms with Gasteiger partial charge in [0.2, 0.25) is 0 Å². The molecule has 2 N–H and O–H groups in total. The molecule has 1 atom stereocenters. The second-order valence-corrected chi connectivity index (χ2v) is 4.20. The Labute approximate surface area is 99.0 Å². The van der Waals surface area contributed by atoms with Gasteiger partial charge >= 0.3 is 5.97 Å². The molecule has 0 aliphatic heterocycles. The summed E-state index contributed by atoms with van der Waals surface area (Å²) in [6, 6.07) is 0. The molecule has 1 heterocycles. The summed E-state index contributed by atoms with van der Waals surface area (Å²) in [7, 11) is 0. The van der Waals surface area contributed by atoms with Crippen LogP contribution < -0.4 is 5.32 Å². The van der Waals surface area contributed by atoms with Crippen LogP contribution in [0.2, 0.25) is 0 Å². The number of carboxylic acid groups (broad SMARTS) is 1. The Hall–Kier alpha value is -1.85. The number of carbonyl (C=O) groups is 2. The van der Waals surface area contributed by atoms with Crippen molar-refractivity contribution in [1.29, 1.82) is 0 Å². The normalized spacial score (nSPS) is 14.1. The number of carboxylic acids is 1. The largest absolute Gasteiger partial charge is 0.481 e. The van der Waals surface area contributed by atoms with Gasteiger partial charge in [-0.1, -0.05) is 6.92 Å². The summed E-state index contributed by atoms with van der Waals surface area (Å²) < 4.78 is 4.93.